The number of nitrogens with zero attached hydrogens (tertiary/aromatic N) is 1. The number of carbonyl (C=O) groups excluding carboxylic acids is 3. The number of aliphatic hydroxyl groups is 1. The summed E-state index contributed by atoms with van der Waals surface area (Å²) in [6.45, 7) is 7.51. The van der Waals surface area contributed by atoms with Gasteiger partial charge in [0.1, 0.15) is 11.8 Å². The standard InChI is InChI=1S/C37H36ClN3O5/c1-23-17-19-27(20-18-23)41-30(32(43)40-35(2,3)4)36(37(45,34(41)44)25-12-6-5-7-13-25)31(42)28-15-8-9-16-29(28)46-33(36)39-22-24-11-10-14-26(38)21-24/h5-21,30,33,39,45H,22H2,1-4H3,(H,40,43)/t30-,33+,36+,37-/m1/s1. The molecule has 0 aliphatic carbocycles. The number of ether oxygens (including phenoxy) is 1. The molecule has 0 aromatic heterocycles. The van der Waals surface area contributed by atoms with Crippen LogP contribution in [0, 0.1) is 12.3 Å². The van der Waals surface area contributed by atoms with Crippen molar-refractivity contribution < 1.29 is 24.2 Å². The van der Waals surface area contributed by atoms with Crippen LogP contribution in [0.25, 0.3) is 0 Å². The van der Waals surface area contributed by atoms with Gasteiger partial charge in [-0.25, -0.2) is 0 Å². The van der Waals surface area contributed by atoms with E-state index in [4.69, 9.17) is 16.3 Å². The molecule has 8 nitrogen and oxygen atoms in total. The molecule has 6 rings (SSSR count). The van der Waals surface area contributed by atoms with Crippen LogP contribution in [0.5, 0.6) is 5.75 Å². The number of carbonyl (C=O) groups is 3. The number of para-hydroxylation sites is 1. The summed E-state index contributed by atoms with van der Waals surface area (Å²) in [5, 5.41) is 20.0. The third kappa shape index (κ3) is 5.07. The number of halogens is 1. The van der Waals surface area contributed by atoms with E-state index >= 15 is 9.59 Å². The number of aryl methyl sites for hydroxylation is 1. The van der Waals surface area contributed by atoms with Crippen LogP contribution in [-0.2, 0) is 21.7 Å². The molecule has 236 valence electrons. The number of rotatable bonds is 6. The zero-order valence-corrected chi connectivity index (χ0v) is 26.8. The Hall–Kier alpha value is -4.50. The predicted octanol–water partition coefficient (Wildman–Crippen LogP) is 5.54. The zero-order valence-electron chi connectivity index (χ0n) is 26.1. The molecule has 2 aliphatic rings. The van der Waals surface area contributed by atoms with Gasteiger partial charge in [-0.1, -0.05) is 83.9 Å². The summed E-state index contributed by atoms with van der Waals surface area (Å²) >= 11 is 6.29. The number of hydrogen-bond acceptors (Lipinski definition) is 6. The molecule has 2 amide bonds. The van der Waals surface area contributed by atoms with Crippen molar-refractivity contribution in [2.75, 3.05) is 4.90 Å². The number of anilines is 1. The van der Waals surface area contributed by atoms with Gasteiger partial charge in [-0.15, -0.1) is 0 Å². The average molecular weight is 638 g/mol. The van der Waals surface area contributed by atoms with Gasteiger partial charge >= 0.3 is 0 Å². The molecule has 46 heavy (non-hydrogen) atoms. The molecule has 0 saturated carbocycles. The van der Waals surface area contributed by atoms with E-state index in [9.17, 15) is 9.90 Å². The van der Waals surface area contributed by atoms with Gasteiger partial charge in [0, 0.05) is 22.8 Å². The van der Waals surface area contributed by atoms with Crippen molar-refractivity contribution in [2.24, 2.45) is 5.41 Å². The van der Waals surface area contributed by atoms with Gasteiger partial charge in [-0.2, -0.15) is 0 Å². The number of hydrogen-bond donors (Lipinski definition) is 3. The molecule has 1 fully saturated rings. The highest BCUT2D eigenvalue weighted by atomic mass is 35.5. The van der Waals surface area contributed by atoms with Crippen LogP contribution in [0.3, 0.4) is 0 Å². The van der Waals surface area contributed by atoms with Gasteiger partial charge in [-0.3, -0.25) is 24.6 Å². The first-order valence-electron chi connectivity index (χ1n) is 15.2. The van der Waals surface area contributed by atoms with E-state index in [1.165, 1.54) is 4.90 Å². The number of fused-ring (bicyclic) bond motifs is 1. The van der Waals surface area contributed by atoms with Gasteiger partial charge < -0.3 is 15.2 Å². The third-order valence-electron chi connectivity index (χ3n) is 8.61. The molecule has 0 bridgehead atoms. The Morgan fingerprint density at radius 2 is 1.61 bits per heavy atom. The highest BCUT2D eigenvalue weighted by Crippen LogP contribution is 2.59. The lowest BCUT2D eigenvalue weighted by Gasteiger charge is -2.49. The molecule has 1 spiro atoms. The van der Waals surface area contributed by atoms with E-state index in [-0.39, 0.29) is 23.4 Å². The Balaban J connectivity index is 1.67. The van der Waals surface area contributed by atoms with E-state index < -0.39 is 46.4 Å². The first-order valence-corrected chi connectivity index (χ1v) is 15.5. The Morgan fingerprint density at radius 3 is 2.28 bits per heavy atom. The largest absolute Gasteiger partial charge is 0.473 e. The zero-order chi connectivity index (χ0) is 32.9. The van der Waals surface area contributed by atoms with Crippen molar-refractivity contribution in [3.63, 3.8) is 0 Å². The number of Topliss-reactive ketones (excluding diaryl/α,β-unsaturated/α-hetero) is 1. The molecule has 4 aromatic rings. The summed E-state index contributed by atoms with van der Waals surface area (Å²) in [7, 11) is 0. The Bertz CT molecular complexity index is 1810. The molecule has 0 unspecified atom stereocenters. The van der Waals surface area contributed by atoms with Crippen LogP contribution in [-0.4, -0.2) is 40.5 Å². The Kier molecular flexibility index (Phi) is 8.01. The van der Waals surface area contributed by atoms with Crippen molar-refractivity contribution in [2.45, 2.75) is 57.6 Å². The highest BCUT2D eigenvalue weighted by molar-refractivity contribution is 6.30. The van der Waals surface area contributed by atoms with Gasteiger partial charge in [0.2, 0.25) is 5.91 Å². The van der Waals surface area contributed by atoms with Crippen LogP contribution < -0.4 is 20.3 Å². The van der Waals surface area contributed by atoms with Crippen molar-refractivity contribution in [3.05, 3.63) is 130 Å². The van der Waals surface area contributed by atoms with Gasteiger partial charge in [0.25, 0.3) is 5.91 Å². The minimum Gasteiger partial charge on any atom is -0.473 e. The first-order chi connectivity index (χ1) is 21.9. The third-order valence-corrected chi connectivity index (χ3v) is 8.85. The molecular formula is C37H36ClN3O5. The monoisotopic (exact) mass is 637 g/mol. The maximum Gasteiger partial charge on any atom is 0.265 e. The molecular weight excluding hydrogens is 602 g/mol. The fourth-order valence-corrected chi connectivity index (χ4v) is 6.86. The fraction of sp³-hybridized carbons (Fsp3) is 0.270. The second-order valence-electron chi connectivity index (χ2n) is 12.9. The summed E-state index contributed by atoms with van der Waals surface area (Å²) in [5.41, 5.74) is -3.11. The quantitative estimate of drug-likeness (QED) is 0.256. The maximum absolute atomic E-state index is 15.3. The summed E-state index contributed by atoms with van der Waals surface area (Å²) in [4.78, 5) is 46.3. The van der Waals surface area contributed by atoms with E-state index in [1.54, 1.807) is 84.9 Å². The molecule has 2 heterocycles. The van der Waals surface area contributed by atoms with Gasteiger partial charge in [0.05, 0.1) is 5.56 Å². The van der Waals surface area contributed by atoms with Crippen LogP contribution in [0.15, 0.2) is 103 Å². The molecule has 9 heteroatoms. The molecule has 4 atom stereocenters. The van der Waals surface area contributed by atoms with Crippen molar-refractivity contribution in [1.82, 2.24) is 10.6 Å². The summed E-state index contributed by atoms with van der Waals surface area (Å²) in [6.07, 6.45) is -1.35. The van der Waals surface area contributed by atoms with Crippen molar-refractivity contribution in [1.29, 1.82) is 0 Å². The minimum absolute atomic E-state index is 0.152. The number of nitrogens with one attached hydrogen (secondary N) is 2. The van der Waals surface area contributed by atoms with Gasteiger partial charge in [-0.05, 0) is 75.2 Å². The minimum atomic E-state index is -2.55. The summed E-state index contributed by atoms with van der Waals surface area (Å²) in [5.74, 6) is -1.75. The Labute approximate surface area is 273 Å². The summed E-state index contributed by atoms with van der Waals surface area (Å²) < 4.78 is 6.59. The topological polar surface area (TPSA) is 108 Å². The van der Waals surface area contributed by atoms with Crippen LogP contribution in [0.1, 0.15) is 47.8 Å². The fourth-order valence-electron chi connectivity index (χ4n) is 6.65. The second kappa shape index (κ2) is 11.7. The molecule has 1 saturated heterocycles. The Morgan fingerprint density at radius 1 is 0.935 bits per heavy atom. The lowest BCUT2D eigenvalue weighted by molar-refractivity contribution is -0.156. The lowest BCUT2D eigenvalue weighted by atomic mass is 9.60. The molecule has 4 aromatic carbocycles. The van der Waals surface area contributed by atoms with E-state index in [0.29, 0.717) is 10.7 Å². The summed E-state index contributed by atoms with van der Waals surface area (Å²) in [6, 6.07) is 27.7. The smallest absolute Gasteiger partial charge is 0.265 e. The lowest BCUT2D eigenvalue weighted by Crippen LogP contribution is -2.71. The SMILES string of the molecule is Cc1ccc(N2C(=O)[C@](O)(c3ccccc3)[C@]3(C(=O)c4ccccc4O[C@@H]3NCc3cccc(Cl)c3)[C@H]2C(=O)NC(C)(C)C)cc1. The molecule has 0 radical (unpaired) electrons. The maximum atomic E-state index is 15.3. The number of amides is 2. The van der Waals surface area contributed by atoms with Crippen LogP contribution in [0.2, 0.25) is 5.02 Å². The van der Waals surface area contributed by atoms with E-state index in [2.05, 4.69) is 10.6 Å². The van der Waals surface area contributed by atoms with E-state index in [1.807, 2.05) is 45.9 Å². The van der Waals surface area contributed by atoms with E-state index in [0.717, 1.165) is 11.1 Å². The number of benzene rings is 4. The first kappa shape index (κ1) is 31.5. The van der Waals surface area contributed by atoms with Gasteiger partial charge in [0.15, 0.2) is 23.0 Å². The molecule has 2 aliphatic heterocycles. The van der Waals surface area contributed by atoms with Crippen LogP contribution >= 0.6 is 11.6 Å². The average Bonchev–Trinajstić information content (AvgIpc) is 3.23. The predicted molar refractivity (Wildman–Crippen MR) is 177 cm³/mol. The van der Waals surface area contributed by atoms with Crippen molar-refractivity contribution in [3.8, 4) is 5.75 Å². The second-order valence-corrected chi connectivity index (χ2v) is 13.4. The van der Waals surface area contributed by atoms with Crippen molar-refractivity contribution >= 4 is 34.9 Å². The normalized spacial score (nSPS) is 24.1. The van der Waals surface area contributed by atoms with Crippen LogP contribution in [0.4, 0.5) is 5.69 Å². The highest BCUT2D eigenvalue weighted by Gasteiger charge is 2.79. The molecule has 3 N–H and O–H groups in total. The number of ketones is 1.